The summed E-state index contributed by atoms with van der Waals surface area (Å²) in [6, 6.07) is 8.62. The largest absolute Gasteiger partial charge is 0.496 e. The van der Waals surface area contributed by atoms with Crippen molar-refractivity contribution in [2.45, 2.75) is 11.4 Å². The Labute approximate surface area is 154 Å². The molecule has 0 aliphatic carbocycles. The van der Waals surface area contributed by atoms with Crippen molar-refractivity contribution in [3.8, 4) is 5.75 Å². The third-order valence-corrected chi connectivity index (χ3v) is 5.95. The quantitative estimate of drug-likeness (QED) is 0.566. The Kier molecular flexibility index (Phi) is 4.82. The predicted molar refractivity (Wildman–Crippen MR) is 96.5 cm³/mol. The lowest BCUT2D eigenvalue weighted by molar-refractivity contribution is 0.0291. The summed E-state index contributed by atoms with van der Waals surface area (Å²) in [4.78, 5) is -0.173. The lowest BCUT2D eigenvalue weighted by Crippen LogP contribution is -2.15. The van der Waals surface area contributed by atoms with Crippen molar-refractivity contribution in [1.29, 1.82) is 0 Å². The molecule has 4 N–H and O–H groups in total. The number of hydrogen-bond donors (Lipinski definition) is 3. The molecule has 138 valence electrons. The van der Waals surface area contributed by atoms with Crippen LogP contribution in [0.15, 0.2) is 47.5 Å². The van der Waals surface area contributed by atoms with Crippen LogP contribution >= 0.6 is 11.6 Å². The van der Waals surface area contributed by atoms with Gasteiger partial charge in [0.15, 0.2) is 0 Å². The highest BCUT2D eigenvalue weighted by molar-refractivity contribution is 7.90. The molecule has 1 heterocycles. The maximum Gasteiger partial charge on any atom is 0.268 e. The third-order valence-electron chi connectivity index (χ3n) is 3.97. The SMILES string of the molecule is COc1cccc2c1c(CN)cn2S(=O)(=O)c1ccc(Cl)c(N(O)O)c1. The normalized spacial score (nSPS) is 11.7. The van der Waals surface area contributed by atoms with E-state index in [2.05, 4.69) is 0 Å². The number of nitrogens with two attached hydrogens (primary N) is 1. The molecule has 0 bridgehead atoms. The number of fused-ring (bicyclic) bond motifs is 1. The second kappa shape index (κ2) is 6.78. The monoisotopic (exact) mass is 397 g/mol. The van der Waals surface area contributed by atoms with Crippen molar-refractivity contribution in [3.05, 3.63) is 53.2 Å². The Bertz CT molecular complexity index is 1080. The van der Waals surface area contributed by atoms with Gasteiger partial charge < -0.3 is 10.5 Å². The predicted octanol–water partition coefficient (Wildman–Crippen LogP) is 2.58. The summed E-state index contributed by atoms with van der Waals surface area (Å²) in [6.45, 7) is 0.117. The molecule has 1 aromatic heterocycles. The molecule has 0 saturated heterocycles. The summed E-state index contributed by atoms with van der Waals surface area (Å²) in [5, 5.41) is 18.8. The van der Waals surface area contributed by atoms with Gasteiger partial charge in [0, 0.05) is 18.1 Å². The molecule has 10 heteroatoms. The number of nitrogens with zero attached hydrogens (tertiary/aromatic N) is 2. The van der Waals surface area contributed by atoms with Crippen LogP contribution in [0.1, 0.15) is 5.56 Å². The van der Waals surface area contributed by atoms with Gasteiger partial charge in [-0.3, -0.25) is 10.4 Å². The summed E-state index contributed by atoms with van der Waals surface area (Å²) in [5.74, 6) is 0.505. The number of rotatable bonds is 5. The van der Waals surface area contributed by atoms with E-state index in [1.807, 2.05) is 0 Å². The van der Waals surface area contributed by atoms with Crippen LogP contribution in [0.5, 0.6) is 5.75 Å². The van der Waals surface area contributed by atoms with Crippen LogP contribution < -0.4 is 15.7 Å². The van der Waals surface area contributed by atoms with Gasteiger partial charge in [-0.1, -0.05) is 17.7 Å². The molecular weight excluding hydrogens is 382 g/mol. The van der Waals surface area contributed by atoms with E-state index >= 15 is 0 Å². The van der Waals surface area contributed by atoms with Gasteiger partial charge in [0.1, 0.15) is 11.4 Å². The van der Waals surface area contributed by atoms with Crippen LogP contribution in [0, 0.1) is 0 Å². The van der Waals surface area contributed by atoms with Crippen molar-refractivity contribution in [2.24, 2.45) is 5.73 Å². The van der Waals surface area contributed by atoms with E-state index in [1.54, 1.807) is 18.2 Å². The highest BCUT2D eigenvalue weighted by Gasteiger charge is 2.24. The number of anilines is 1. The number of aromatic nitrogens is 1. The molecular formula is C16H16ClN3O5S. The first kappa shape index (κ1) is 18.5. The molecule has 0 fully saturated rings. The fourth-order valence-corrected chi connectivity index (χ4v) is 4.34. The first-order valence-corrected chi connectivity index (χ1v) is 9.23. The maximum atomic E-state index is 13.1. The molecule has 0 unspecified atom stereocenters. The molecule has 0 aliphatic heterocycles. The van der Waals surface area contributed by atoms with E-state index in [1.165, 1.54) is 25.4 Å². The van der Waals surface area contributed by atoms with Gasteiger partial charge in [0.05, 0.1) is 22.5 Å². The van der Waals surface area contributed by atoms with Crippen LogP contribution in [-0.2, 0) is 16.6 Å². The minimum atomic E-state index is -4.05. The zero-order valence-electron chi connectivity index (χ0n) is 13.6. The fourth-order valence-electron chi connectivity index (χ4n) is 2.75. The third kappa shape index (κ3) is 2.89. The minimum Gasteiger partial charge on any atom is -0.496 e. The lowest BCUT2D eigenvalue weighted by atomic mass is 10.1. The van der Waals surface area contributed by atoms with E-state index in [4.69, 9.17) is 22.1 Å². The van der Waals surface area contributed by atoms with Crippen molar-refractivity contribution in [1.82, 2.24) is 3.97 Å². The number of hydrogen-bond acceptors (Lipinski definition) is 7. The smallest absolute Gasteiger partial charge is 0.268 e. The topological polar surface area (TPSA) is 118 Å². The number of methoxy groups -OCH3 is 1. The molecule has 0 saturated carbocycles. The second-order valence-electron chi connectivity index (χ2n) is 5.42. The van der Waals surface area contributed by atoms with Crippen molar-refractivity contribution in [2.75, 3.05) is 12.3 Å². The number of halogens is 1. The zero-order valence-corrected chi connectivity index (χ0v) is 15.2. The molecule has 3 aromatic rings. The minimum absolute atomic E-state index is 0.0179. The highest BCUT2D eigenvalue weighted by atomic mass is 35.5. The van der Waals surface area contributed by atoms with Crippen LogP contribution in [0.3, 0.4) is 0 Å². The van der Waals surface area contributed by atoms with Gasteiger partial charge in [-0.25, -0.2) is 12.4 Å². The molecule has 2 aromatic carbocycles. The first-order chi connectivity index (χ1) is 12.3. The summed E-state index contributed by atoms with van der Waals surface area (Å²) < 4.78 is 32.6. The Balaban J connectivity index is 2.28. The van der Waals surface area contributed by atoms with Gasteiger partial charge in [-0.15, -0.1) is 5.23 Å². The molecule has 8 nitrogen and oxygen atoms in total. The van der Waals surface area contributed by atoms with Gasteiger partial charge in [-0.05, 0) is 35.9 Å². The van der Waals surface area contributed by atoms with Gasteiger partial charge in [0.2, 0.25) is 0 Å². The first-order valence-electron chi connectivity index (χ1n) is 7.41. The van der Waals surface area contributed by atoms with Crippen molar-refractivity contribution in [3.63, 3.8) is 0 Å². The molecule has 0 atom stereocenters. The Morgan fingerprint density at radius 3 is 2.62 bits per heavy atom. The van der Waals surface area contributed by atoms with E-state index in [0.717, 1.165) is 10.0 Å². The average Bonchev–Trinajstić information content (AvgIpc) is 3.01. The average molecular weight is 398 g/mol. The summed E-state index contributed by atoms with van der Waals surface area (Å²) in [5.41, 5.74) is 6.49. The van der Waals surface area contributed by atoms with Crippen LogP contribution in [0.2, 0.25) is 5.02 Å². The standard InChI is InChI=1S/C16H16ClN3O5S/c1-25-15-4-2-3-13-16(15)10(8-18)9-19(13)26(23,24)11-5-6-12(17)14(7-11)20(21)22/h2-7,9,21-22H,8,18H2,1H3. The lowest BCUT2D eigenvalue weighted by Gasteiger charge is -2.13. The molecule has 0 spiro atoms. The molecule has 3 rings (SSSR count). The summed E-state index contributed by atoms with van der Waals surface area (Å²) in [7, 11) is -2.57. The van der Waals surface area contributed by atoms with Crippen LogP contribution in [0.25, 0.3) is 10.9 Å². The molecule has 0 aliphatic rings. The maximum absolute atomic E-state index is 13.1. The Hall–Kier alpha value is -2.30. The molecule has 0 radical (unpaired) electrons. The molecule has 0 amide bonds. The summed E-state index contributed by atoms with van der Waals surface area (Å²) >= 11 is 5.85. The molecule has 26 heavy (non-hydrogen) atoms. The number of ether oxygens (including phenoxy) is 1. The van der Waals surface area contributed by atoms with E-state index < -0.39 is 10.0 Å². The van der Waals surface area contributed by atoms with Crippen molar-refractivity contribution >= 4 is 38.2 Å². The Morgan fingerprint density at radius 2 is 2.00 bits per heavy atom. The number of benzene rings is 2. The van der Waals surface area contributed by atoms with Crippen molar-refractivity contribution < 1.29 is 23.6 Å². The fraction of sp³-hybridized carbons (Fsp3) is 0.125. The van der Waals surface area contributed by atoms with Crippen LogP contribution in [0.4, 0.5) is 5.69 Å². The van der Waals surface area contributed by atoms with E-state index in [-0.39, 0.29) is 27.4 Å². The second-order valence-corrected chi connectivity index (χ2v) is 7.64. The van der Waals surface area contributed by atoms with Gasteiger partial charge >= 0.3 is 0 Å². The van der Waals surface area contributed by atoms with E-state index in [9.17, 15) is 18.8 Å². The van der Waals surface area contributed by atoms with Gasteiger partial charge in [-0.2, -0.15) is 0 Å². The van der Waals surface area contributed by atoms with Gasteiger partial charge in [0.25, 0.3) is 10.0 Å². The highest BCUT2D eigenvalue weighted by Crippen LogP contribution is 2.34. The Morgan fingerprint density at radius 1 is 1.27 bits per heavy atom. The van der Waals surface area contributed by atoms with E-state index in [0.29, 0.717) is 22.2 Å². The zero-order chi connectivity index (χ0) is 19.1. The summed E-state index contributed by atoms with van der Waals surface area (Å²) in [6.07, 6.45) is 1.42. The van der Waals surface area contributed by atoms with Crippen LogP contribution in [-0.4, -0.2) is 29.9 Å².